The van der Waals surface area contributed by atoms with Gasteiger partial charge in [0.2, 0.25) is 5.91 Å². The smallest absolute Gasteiger partial charge is 0.247 e. The highest BCUT2D eigenvalue weighted by Gasteiger charge is 2.08. The zero-order valence-corrected chi connectivity index (χ0v) is 14.0. The van der Waals surface area contributed by atoms with Gasteiger partial charge in [0, 0.05) is 30.4 Å². The summed E-state index contributed by atoms with van der Waals surface area (Å²) in [6.45, 7) is 6.04. The zero-order chi connectivity index (χ0) is 17.4. The average molecular weight is 331 g/mol. The molecule has 0 spiro atoms. The fourth-order valence-corrected chi connectivity index (χ4v) is 2.21. The van der Waals surface area contributed by atoms with Gasteiger partial charge >= 0.3 is 0 Å². The number of benzene rings is 1. The van der Waals surface area contributed by atoms with Gasteiger partial charge in [-0.25, -0.2) is 5.43 Å². The van der Waals surface area contributed by atoms with E-state index in [1.165, 1.54) is 0 Å². The molecule has 2 N–H and O–H groups in total. The summed E-state index contributed by atoms with van der Waals surface area (Å²) in [6, 6.07) is 5.86. The molecule has 1 amide bonds. The lowest BCUT2D eigenvalue weighted by Gasteiger charge is -2.21. The van der Waals surface area contributed by atoms with Crippen molar-refractivity contribution in [3.63, 3.8) is 0 Å². The maximum atomic E-state index is 11.7. The third-order valence-corrected chi connectivity index (χ3v) is 3.45. The van der Waals surface area contributed by atoms with Crippen LogP contribution in [0.4, 0.5) is 5.69 Å². The lowest BCUT2D eigenvalue weighted by molar-refractivity contribution is -0.120. The van der Waals surface area contributed by atoms with Gasteiger partial charge in [0.1, 0.15) is 5.75 Å². The predicted octanol–water partition coefficient (Wildman–Crippen LogP) is 0.747. The number of hydrogen-bond donors (Lipinski definition) is 2. The Morgan fingerprint density at radius 3 is 2.83 bits per heavy atom. The molecule has 2 aromatic rings. The normalized spacial score (nSPS) is 10.8. The van der Waals surface area contributed by atoms with Crippen molar-refractivity contribution >= 4 is 17.8 Å². The first-order valence-corrected chi connectivity index (χ1v) is 7.65. The number of carbonyl (C=O) groups is 1. The Morgan fingerprint density at radius 1 is 1.42 bits per heavy atom. The number of aromatic nitrogens is 4. The van der Waals surface area contributed by atoms with E-state index in [0.29, 0.717) is 11.6 Å². The van der Waals surface area contributed by atoms with E-state index in [1.807, 2.05) is 18.2 Å². The van der Waals surface area contributed by atoms with Gasteiger partial charge in [-0.3, -0.25) is 4.79 Å². The molecule has 0 saturated carbocycles. The van der Waals surface area contributed by atoms with E-state index >= 15 is 0 Å². The predicted molar refractivity (Wildman–Crippen MR) is 90.2 cm³/mol. The molecule has 0 saturated heterocycles. The number of anilines is 1. The number of nitrogens with one attached hydrogen (secondary N) is 2. The Labute approximate surface area is 140 Å². The molecule has 1 aromatic carbocycles. The highest BCUT2D eigenvalue weighted by molar-refractivity contribution is 5.86. The number of carbonyl (C=O) groups excluding carboxylic acids is 1. The second kappa shape index (κ2) is 8.61. The van der Waals surface area contributed by atoms with E-state index in [-0.39, 0.29) is 12.3 Å². The van der Waals surface area contributed by atoms with Gasteiger partial charge in [-0.15, -0.1) is 10.2 Å². The number of H-pyrrole nitrogens is 1. The third-order valence-electron chi connectivity index (χ3n) is 3.45. The highest BCUT2D eigenvalue weighted by atomic mass is 16.5. The monoisotopic (exact) mass is 331 g/mol. The molecule has 0 unspecified atom stereocenters. The first-order valence-electron chi connectivity index (χ1n) is 7.65. The highest BCUT2D eigenvalue weighted by Crippen LogP contribution is 2.24. The van der Waals surface area contributed by atoms with Crippen LogP contribution in [0, 0.1) is 0 Å². The van der Waals surface area contributed by atoms with Crippen LogP contribution in [0.5, 0.6) is 5.75 Å². The molecular formula is C15H21N7O2. The first kappa shape index (κ1) is 17.4. The van der Waals surface area contributed by atoms with E-state index in [0.717, 1.165) is 24.3 Å². The van der Waals surface area contributed by atoms with Crippen LogP contribution in [-0.2, 0) is 11.2 Å². The van der Waals surface area contributed by atoms with E-state index in [1.54, 1.807) is 13.3 Å². The Hall–Kier alpha value is -2.97. The van der Waals surface area contributed by atoms with Gasteiger partial charge in [-0.1, -0.05) is 5.21 Å². The Morgan fingerprint density at radius 2 is 2.21 bits per heavy atom. The van der Waals surface area contributed by atoms with E-state index in [2.05, 4.69) is 49.9 Å². The number of tetrazole rings is 1. The Bertz CT molecular complexity index is 681. The molecule has 0 atom stereocenters. The number of nitrogens with zero attached hydrogens (tertiary/aromatic N) is 5. The van der Waals surface area contributed by atoms with Crippen molar-refractivity contribution in [2.24, 2.45) is 5.10 Å². The second-order valence-electron chi connectivity index (χ2n) is 4.90. The van der Waals surface area contributed by atoms with Gasteiger partial charge in [-0.05, 0) is 26.0 Å². The van der Waals surface area contributed by atoms with Crippen molar-refractivity contribution in [3.05, 3.63) is 29.6 Å². The lowest BCUT2D eigenvalue weighted by Crippen LogP contribution is -2.22. The molecule has 0 radical (unpaired) electrons. The summed E-state index contributed by atoms with van der Waals surface area (Å²) >= 11 is 0. The molecule has 0 aliphatic heterocycles. The summed E-state index contributed by atoms with van der Waals surface area (Å²) in [4.78, 5) is 13.9. The molecule has 9 heteroatoms. The van der Waals surface area contributed by atoms with Crippen molar-refractivity contribution in [2.75, 3.05) is 25.1 Å². The van der Waals surface area contributed by atoms with Crippen LogP contribution in [0.1, 0.15) is 25.2 Å². The fourth-order valence-electron chi connectivity index (χ4n) is 2.21. The van der Waals surface area contributed by atoms with Gasteiger partial charge in [-0.2, -0.15) is 10.3 Å². The number of aromatic amines is 1. The van der Waals surface area contributed by atoms with Crippen LogP contribution < -0.4 is 15.1 Å². The Balaban J connectivity index is 2.01. The van der Waals surface area contributed by atoms with Crippen LogP contribution in [0.25, 0.3) is 0 Å². The molecule has 0 aliphatic rings. The molecule has 0 fully saturated rings. The minimum atomic E-state index is -0.327. The summed E-state index contributed by atoms with van der Waals surface area (Å²) in [5, 5.41) is 17.0. The van der Waals surface area contributed by atoms with Crippen LogP contribution in [0.2, 0.25) is 0 Å². The second-order valence-corrected chi connectivity index (χ2v) is 4.90. The van der Waals surface area contributed by atoms with Crippen molar-refractivity contribution in [1.82, 2.24) is 26.0 Å². The Kier molecular flexibility index (Phi) is 6.23. The molecule has 2 rings (SSSR count). The van der Waals surface area contributed by atoms with Crippen LogP contribution in [0.15, 0.2) is 23.3 Å². The quantitative estimate of drug-likeness (QED) is 0.546. The molecular weight excluding hydrogens is 310 g/mol. The van der Waals surface area contributed by atoms with Crippen molar-refractivity contribution in [1.29, 1.82) is 0 Å². The van der Waals surface area contributed by atoms with E-state index < -0.39 is 0 Å². The van der Waals surface area contributed by atoms with Gasteiger partial charge in [0.15, 0.2) is 5.82 Å². The number of methoxy groups -OCH3 is 1. The summed E-state index contributed by atoms with van der Waals surface area (Å²) < 4.78 is 5.40. The summed E-state index contributed by atoms with van der Waals surface area (Å²) in [6.07, 6.45) is 1.55. The SMILES string of the molecule is CCN(CC)c1ccc(/C=N/NC(=O)Cc2nn[nH]n2)c(OC)c1. The number of amides is 1. The first-order chi connectivity index (χ1) is 11.7. The van der Waals surface area contributed by atoms with Crippen molar-refractivity contribution in [2.45, 2.75) is 20.3 Å². The third kappa shape index (κ3) is 4.51. The molecule has 1 aromatic heterocycles. The number of rotatable bonds is 8. The number of ether oxygens (including phenoxy) is 1. The minimum Gasteiger partial charge on any atom is -0.496 e. The van der Waals surface area contributed by atoms with Gasteiger partial charge < -0.3 is 9.64 Å². The van der Waals surface area contributed by atoms with Crippen LogP contribution >= 0.6 is 0 Å². The van der Waals surface area contributed by atoms with Crippen molar-refractivity contribution < 1.29 is 9.53 Å². The molecule has 0 aliphatic carbocycles. The van der Waals surface area contributed by atoms with Crippen molar-refractivity contribution in [3.8, 4) is 5.75 Å². The summed E-state index contributed by atoms with van der Waals surface area (Å²) in [5.41, 5.74) is 4.27. The van der Waals surface area contributed by atoms with Crippen LogP contribution in [0.3, 0.4) is 0 Å². The topological polar surface area (TPSA) is 108 Å². The molecule has 24 heavy (non-hydrogen) atoms. The maximum absolute atomic E-state index is 11.7. The van der Waals surface area contributed by atoms with Gasteiger partial charge in [0.25, 0.3) is 0 Å². The molecule has 0 bridgehead atoms. The maximum Gasteiger partial charge on any atom is 0.247 e. The molecule has 128 valence electrons. The summed E-state index contributed by atoms with van der Waals surface area (Å²) in [7, 11) is 1.60. The minimum absolute atomic E-state index is 0.00583. The largest absolute Gasteiger partial charge is 0.496 e. The average Bonchev–Trinajstić information content (AvgIpc) is 3.09. The number of hydrogen-bond acceptors (Lipinski definition) is 7. The van der Waals surface area contributed by atoms with Gasteiger partial charge in [0.05, 0.1) is 19.7 Å². The zero-order valence-electron chi connectivity index (χ0n) is 14.0. The lowest BCUT2D eigenvalue weighted by atomic mass is 10.2. The molecule has 1 heterocycles. The van der Waals surface area contributed by atoms with E-state index in [9.17, 15) is 4.79 Å². The van der Waals surface area contributed by atoms with E-state index in [4.69, 9.17) is 4.74 Å². The van der Waals surface area contributed by atoms with Crippen LogP contribution in [-0.4, -0.2) is 52.9 Å². The summed E-state index contributed by atoms with van der Waals surface area (Å²) in [5.74, 6) is 0.672. The molecule has 9 nitrogen and oxygen atoms in total. The number of hydrazone groups is 1. The standard InChI is InChI=1S/C15H21N7O2/c1-4-22(5-2)12-7-6-11(13(8-12)24-3)10-16-19-15(23)9-14-17-20-21-18-14/h6-8,10H,4-5,9H2,1-3H3,(H,19,23)(H,17,18,20,21)/b16-10+. The fraction of sp³-hybridized carbons (Fsp3) is 0.400.